The average Bonchev–Trinajstić information content (AvgIpc) is 2.89. The third-order valence-electron chi connectivity index (χ3n) is 9.22. The van der Waals surface area contributed by atoms with E-state index in [4.69, 9.17) is 0 Å². The molecule has 0 spiro atoms. The number of rotatable bonds is 10. The maximum Gasteiger partial charge on any atom is 0.119 e. The molecule has 2 aromatic rings. The second-order valence-corrected chi connectivity index (χ2v) is 12.9. The molecule has 0 aliphatic heterocycles. The fourth-order valence-corrected chi connectivity index (χ4v) is 7.06. The lowest BCUT2D eigenvalue weighted by Crippen LogP contribution is -2.43. The largest absolute Gasteiger partial charge is 0.508 e. The minimum atomic E-state index is -0.756. The van der Waals surface area contributed by atoms with Gasteiger partial charge in [-0.1, -0.05) is 62.8 Å². The minimum Gasteiger partial charge on any atom is -0.508 e. The molecule has 0 radical (unpaired) electrons. The van der Waals surface area contributed by atoms with Gasteiger partial charge >= 0.3 is 0 Å². The highest BCUT2D eigenvalue weighted by molar-refractivity contribution is 5.46. The molecule has 6 heteroatoms. The van der Waals surface area contributed by atoms with Crippen LogP contribution in [0.2, 0.25) is 0 Å². The lowest BCUT2D eigenvalue weighted by Gasteiger charge is -2.41. The minimum absolute atomic E-state index is 0.0582. The van der Waals surface area contributed by atoms with Crippen molar-refractivity contribution in [1.29, 1.82) is 0 Å². The summed E-state index contributed by atoms with van der Waals surface area (Å²) in [6, 6.07) is 11.4. The van der Waals surface area contributed by atoms with E-state index in [1.165, 1.54) is 0 Å². The molecule has 0 amide bonds. The zero-order valence-corrected chi connectivity index (χ0v) is 24.5. The van der Waals surface area contributed by atoms with Crippen LogP contribution < -0.4 is 0 Å². The predicted octanol–water partition coefficient (Wildman–Crippen LogP) is 5.37. The third kappa shape index (κ3) is 7.15. The second kappa shape index (κ2) is 12.6. The Hall–Kier alpha value is -2.12. The van der Waals surface area contributed by atoms with Gasteiger partial charge in [0.05, 0.1) is 11.2 Å². The Bertz CT molecular complexity index is 1000. The number of aliphatic hydroxyl groups is 2. The molecule has 0 aromatic heterocycles. The molecule has 6 nitrogen and oxygen atoms in total. The molecule has 2 saturated carbocycles. The first-order valence-corrected chi connectivity index (χ1v) is 14.9. The number of aromatic hydroxyl groups is 2. The molecule has 2 atom stereocenters. The van der Waals surface area contributed by atoms with E-state index in [0.717, 1.165) is 99.6 Å². The van der Waals surface area contributed by atoms with E-state index >= 15 is 0 Å². The number of hydrogen-bond acceptors (Lipinski definition) is 6. The summed E-state index contributed by atoms with van der Waals surface area (Å²) in [6.45, 7) is 1.46. The fourth-order valence-electron chi connectivity index (χ4n) is 7.06. The van der Waals surface area contributed by atoms with Crippen molar-refractivity contribution in [2.45, 2.75) is 93.7 Å². The zero-order valence-electron chi connectivity index (χ0n) is 24.5. The number of phenolic OH excluding ortho intramolecular Hbond substituents is 2. The zero-order chi connectivity index (χ0) is 28.2. The number of hydrogen-bond donors (Lipinski definition) is 4. The topological polar surface area (TPSA) is 87.4 Å². The van der Waals surface area contributed by atoms with Gasteiger partial charge in [0.1, 0.15) is 11.5 Å². The quantitative estimate of drug-likeness (QED) is 0.325. The van der Waals surface area contributed by atoms with E-state index in [1.54, 1.807) is 12.1 Å². The molecule has 4 rings (SSSR count). The third-order valence-corrected chi connectivity index (χ3v) is 9.22. The van der Waals surface area contributed by atoms with Crippen molar-refractivity contribution in [3.8, 4) is 11.5 Å². The Morgan fingerprint density at radius 3 is 1.31 bits per heavy atom. The molecule has 216 valence electrons. The molecule has 0 saturated heterocycles. The summed E-state index contributed by atoms with van der Waals surface area (Å²) < 4.78 is 0. The SMILES string of the molecule is CN(C)C[C@@H](c1ccc(O)c(Cc2cc([C@H](CN(C)C)C3(O)CCCCC3)ccc2O)c1)C1(O)CCCCC1. The van der Waals surface area contributed by atoms with E-state index < -0.39 is 11.2 Å². The fraction of sp³-hybridized carbons (Fsp3) is 0.636. The van der Waals surface area contributed by atoms with Crippen LogP contribution in [-0.4, -0.2) is 82.7 Å². The van der Waals surface area contributed by atoms with Gasteiger partial charge in [-0.15, -0.1) is 0 Å². The first-order chi connectivity index (χ1) is 18.5. The molecular weight excluding hydrogens is 488 g/mol. The van der Waals surface area contributed by atoms with E-state index in [0.29, 0.717) is 6.42 Å². The average molecular weight is 539 g/mol. The molecule has 39 heavy (non-hydrogen) atoms. The van der Waals surface area contributed by atoms with Crippen LogP contribution in [-0.2, 0) is 6.42 Å². The lowest BCUT2D eigenvalue weighted by molar-refractivity contribution is -0.0280. The Kier molecular flexibility index (Phi) is 9.64. The number of benzene rings is 2. The molecule has 0 bridgehead atoms. The van der Waals surface area contributed by atoms with Crippen molar-refractivity contribution < 1.29 is 20.4 Å². The summed E-state index contributed by atoms with van der Waals surface area (Å²) in [5.41, 5.74) is 2.02. The summed E-state index contributed by atoms with van der Waals surface area (Å²) in [6.07, 6.45) is 10.0. The Balaban J connectivity index is 1.67. The smallest absolute Gasteiger partial charge is 0.119 e. The monoisotopic (exact) mass is 538 g/mol. The van der Waals surface area contributed by atoms with Gasteiger partial charge < -0.3 is 30.2 Å². The van der Waals surface area contributed by atoms with Gasteiger partial charge in [-0.05, 0) is 88.3 Å². The van der Waals surface area contributed by atoms with Crippen LogP contribution in [0, 0.1) is 0 Å². The van der Waals surface area contributed by atoms with Gasteiger partial charge in [-0.3, -0.25) is 0 Å². The summed E-state index contributed by atoms with van der Waals surface area (Å²) in [5.74, 6) is 0.270. The Morgan fingerprint density at radius 1 is 0.615 bits per heavy atom. The maximum atomic E-state index is 11.7. The Labute approximate surface area is 235 Å². The van der Waals surface area contributed by atoms with Gasteiger partial charge in [-0.2, -0.15) is 0 Å². The van der Waals surface area contributed by atoms with Crippen LogP contribution in [0.3, 0.4) is 0 Å². The van der Waals surface area contributed by atoms with Gasteiger partial charge in [-0.25, -0.2) is 0 Å². The number of likely N-dealkylation sites (N-methyl/N-ethyl adjacent to an activating group) is 2. The molecule has 2 fully saturated rings. The summed E-state index contributed by atoms with van der Waals surface area (Å²) in [7, 11) is 8.14. The van der Waals surface area contributed by atoms with Crippen molar-refractivity contribution in [1.82, 2.24) is 9.80 Å². The molecule has 2 aliphatic rings. The normalized spacial score (nSPS) is 20.7. The van der Waals surface area contributed by atoms with Crippen LogP contribution in [0.5, 0.6) is 11.5 Å². The second-order valence-electron chi connectivity index (χ2n) is 12.9. The van der Waals surface area contributed by atoms with Crippen LogP contribution in [0.1, 0.15) is 98.3 Å². The molecule has 4 N–H and O–H groups in total. The van der Waals surface area contributed by atoms with E-state index in [9.17, 15) is 20.4 Å². The lowest BCUT2D eigenvalue weighted by atomic mass is 9.72. The highest BCUT2D eigenvalue weighted by atomic mass is 16.3. The van der Waals surface area contributed by atoms with Crippen LogP contribution in [0.25, 0.3) is 0 Å². The van der Waals surface area contributed by atoms with Crippen LogP contribution >= 0.6 is 0 Å². The molecule has 2 aromatic carbocycles. The van der Waals surface area contributed by atoms with E-state index in [1.807, 2.05) is 52.5 Å². The first-order valence-electron chi connectivity index (χ1n) is 14.9. The number of nitrogens with zero attached hydrogens (tertiary/aromatic N) is 2. The molecule has 0 heterocycles. The first kappa shape index (κ1) is 29.9. The van der Waals surface area contributed by atoms with Gasteiger partial charge in [0.2, 0.25) is 0 Å². The van der Waals surface area contributed by atoms with Crippen molar-refractivity contribution in [3.05, 3.63) is 58.7 Å². The van der Waals surface area contributed by atoms with E-state index in [2.05, 4.69) is 9.80 Å². The molecular formula is C33H50N2O4. The summed E-state index contributed by atoms with van der Waals surface area (Å²) in [4.78, 5) is 4.25. The standard InChI is InChI=1S/C33H50N2O4/c1-34(2)22-28(32(38)15-7-5-8-16-32)24-11-13-30(36)26(19-24)21-27-20-25(12-14-31(27)37)29(23-35(3)4)33(39)17-9-6-10-18-33/h11-14,19-20,28-29,36-39H,5-10,15-18,21-23H2,1-4H3/t28-,29-/m0/s1. The molecule has 0 unspecified atom stereocenters. The van der Waals surface area contributed by atoms with Crippen LogP contribution in [0.15, 0.2) is 36.4 Å². The molecule has 2 aliphatic carbocycles. The number of phenols is 2. The predicted molar refractivity (Wildman–Crippen MR) is 158 cm³/mol. The van der Waals surface area contributed by atoms with Crippen molar-refractivity contribution >= 4 is 0 Å². The van der Waals surface area contributed by atoms with Crippen molar-refractivity contribution in [2.24, 2.45) is 0 Å². The summed E-state index contributed by atoms with van der Waals surface area (Å²) >= 11 is 0. The highest BCUT2D eigenvalue weighted by Gasteiger charge is 2.40. The van der Waals surface area contributed by atoms with Crippen LogP contribution in [0.4, 0.5) is 0 Å². The van der Waals surface area contributed by atoms with Gasteiger partial charge in [0, 0.05) is 31.3 Å². The summed E-state index contributed by atoms with van der Waals surface area (Å²) in [5, 5.41) is 45.1. The van der Waals surface area contributed by atoms with Gasteiger partial charge in [0.15, 0.2) is 0 Å². The highest BCUT2D eigenvalue weighted by Crippen LogP contribution is 2.43. The maximum absolute atomic E-state index is 11.7. The van der Waals surface area contributed by atoms with Gasteiger partial charge in [0.25, 0.3) is 0 Å². The Morgan fingerprint density at radius 2 is 0.974 bits per heavy atom. The van der Waals surface area contributed by atoms with Crippen molar-refractivity contribution in [3.63, 3.8) is 0 Å². The van der Waals surface area contributed by atoms with Crippen molar-refractivity contribution in [2.75, 3.05) is 41.3 Å². The van der Waals surface area contributed by atoms with E-state index in [-0.39, 0.29) is 23.3 Å².